The fourth-order valence-electron chi connectivity index (χ4n) is 1.63. The van der Waals surface area contributed by atoms with E-state index in [2.05, 4.69) is 10.3 Å². The molecule has 6 heteroatoms. The van der Waals surface area contributed by atoms with Gasteiger partial charge < -0.3 is 5.32 Å². The summed E-state index contributed by atoms with van der Waals surface area (Å²) >= 11 is 1.62. The second-order valence-corrected chi connectivity index (χ2v) is 4.72. The minimum atomic E-state index is -0.349. The third-order valence-electron chi connectivity index (χ3n) is 2.50. The highest BCUT2D eigenvalue weighted by Gasteiger charge is 2.11. The van der Waals surface area contributed by atoms with Crippen molar-refractivity contribution in [3.8, 4) is 0 Å². The molecule has 0 saturated heterocycles. The third kappa shape index (κ3) is 3.35. The van der Waals surface area contributed by atoms with Crippen LogP contribution in [0.3, 0.4) is 0 Å². The van der Waals surface area contributed by atoms with Gasteiger partial charge in [-0.25, -0.2) is 4.98 Å². The van der Waals surface area contributed by atoms with Crippen LogP contribution >= 0.6 is 11.3 Å². The molecule has 0 fully saturated rings. The Morgan fingerprint density at radius 3 is 2.94 bits per heavy atom. The van der Waals surface area contributed by atoms with Gasteiger partial charge in [-0.05, 0) is 0 Å². The average molecular weight is 263 g/mol. The molecular formula is C12H13N3O2S. The van der Waals surface area contributed by atoms with Gasteiger partial charge in [-0.15, -0.1) is 11.3 Å². The molecule has 94 valence electrons. The summed E-state index contributed by atoms with van der Waals surface area (Å²) in [5.74, 6) is 0. The van der Waals surface area contributed by atoms with Crippen molar-refractivity contribution < 1.29 is 4.92 Å². The van der Waals surface area contributed by atoms with E-state index in [4.69, 9.17) is 0 Å². The molecule has 2 aromatic rings. The number of hydrogen-bond donors (Lipinski definition) is 1. The molecule has 0 spiro atoms. The lowest BCUT2D eigenvalue weighted by Crippen LogP contribution is -2.17. The quantitative estimate of drug-likeness (QED) is 0.493. The first kappa shape index (κ1) is 12.7. The Bertz CT molecular complexity index is 514. The van der Waals surface area contributed by atoms with Crippen molar-refractivity contribution in [3.63, 3.8) is 0 Å². The zero-order chi connectivity index (χ0) is 12.8. The Labute approximate surface area is 109 Å². The molecule has 0 radical (unpaired) electrons. The smallest absolute Gasteiger partial charge is 0.273 e. The molecule has 0 saturated carbocycles. The lowest BCUT2D eigenvalue weighted by molar-refractivity contribution is -0.385. The summed E-state index contributed by atoms with van der Waals surface area (Å²) in [5.41, 5.74) is 0.876. The van der Waals surface area contributed by atoms with Crippen molar-refractivity contribution in [1.82, 2.24) is 10.3 Å². The van der Waals surface area contributed by atoms with E-state index in [-0.39, 0.29) is 10.6 Å². The average Bonchev–Trinajstić information content (AvgIpc) is 2.88. The Balaban J connectivity index is 1.85. The molecule has 18 heavy (non-hydrogen) atoms. The van der Waals surface area contributed by atoms with Crippen LogP contribution in [0, 0.1) is 10.1 Å². The van der Waals surface area contributed by atoms with Crippen LogP contribution < -0.4 is 5.32 Å². The number of nitro benzene ring substituents is 1. The van der Waals surface area contributed by atoms with E-state index in [1.54, 1.807) is 29.7 Å². The maximum absolute atomic E-state index is 10.8. The van der Waals surface area contributed by atoms with E-state index in [1.807, 2.05) is 11.4 Å². The summed E-state index contributed by atoms with van der Waals surface area (Å²) in [7, 11) is 0. The number of benzene rings is 1. The van der Waals surface area contributed by atoms with Crippen molar-refractivity contribution in [2.45, 2.75) is 13.0 Å². The predicted octanol–water partition coefficient (Wildman–Crippen LogP) is 2.38. The monoisotopic (exact) mass is 263 g/mol. The van der Waals surface area contributed by atoms with Crippen molar-refractivity contribution in [2.75, 3.05) is 6.54 Å². The molecule has 0 unspecified atom stereocenters. The summed E-state index contributed by atoms with van der Waals surface area (Å²) in [6.45, 7) is 1.27. The van der Waals surface area contributed by atoms with Gasteiger partial charge in [-0.2, -0.15) is 0 Å². The molecule has 5 nitrogen and oxygen atoms in total. The first-order valence-corrected chi connectivity index (χ1v) is 6.46. The Morgan fingerprint density at radius 2 is 2.22 bits per heavy atom. The number of thiazole rings is 1. The van der Waals surface area contributed by atoms with Crippen molar-refractivity contribution >= 4 is 17.0 Å². The van der Waals surface area contributed by atoms with Gasteiger partial charge in [0.25, 0.3) is 5.69 Å². The second kappa shape index (κ2) is 6.23. The van der Waals surface area contributed by atoms with Gasteiger partial charge in [0.05, 0.1) is 9.93 Å². The zero-order valence-corrected chi connectivity index (χ0v) is 10.5. The lowest BCUT2D eigenvalue weighted by Gasteiger charge is -2.04. The van der Waals surface area contributed by atoms with Gasteiger partial charge >= 0.3 is 0 Å². The summed E-state index contributed by atoms with van der Waals surface area (Å²) in [6, 6.07) is 6.79. The van der Waals surface area contributed by atoms with Gasteiger partial charge in [0.2, 0.25) is 0 Å². The Kier molecular flexibility index (Phi) is 4.38. The molecule has 0 amide bonds. The first-order chi connectivity index (χ1) is 8.77. The number of nitrogens with one attached hydrogen (secondary N) is 1. The number of para-hydroxylation sites is 1. The van der Waals surface area contributed by atoms with Gasteiger partial charge in [-0.3, -0.25) is 10.1 Å². The fraction of sp³-hybridized carbons (Fsp3) is 0.250. The number of rotatable bonds is 6. The number of nitrogens with zero attached hydrogens (tertiary/aromatic N) is 2. The van der Waals surface area contributed by atoms with E-state index in [0.29, 0.717) is 12.1 Å². The number of hydrogen-bond acceptors (Lipinski definition) is 5. The Morgan fingerprint density at radius 1 is 1.39 bits per heavy atom. The van der Waals surface area contributed by atoms with Crippen LogP contribution in [0.2, 0.25) is 0 Å². The molecule has 2 rings (SSSR count). The molecule has 0 aliphatic heterocycles. The van der Waals surface area contributed by atoms with Crippen LogP contribution in [0.4, 0.5) is 5.69 Å². The van der Waals surface area contributed by atoms with Gasteiger partial charge in [0, 0.05) is 42.7 Å². The number of aromatic nitrogens is 1. The van der Waals surface area contributed by atoms with Crippen LogP contribution in [-0.4, -0.2) is 16.5 Å². The molecule has 0 atom stereocenters. The minimum Gasteiger partial charge on any atom is -0.312 e. The largest absolute Gasteiger partial charge is 0.312 e. The van der Waals surface area contributed by atoms with E-state index in [0.717, 1.165) is 18.0 Å². The van der Waals surface area contributed by atoms with Crippen LogP contribution in [0.25, 0.3) is 0 Å². The second-order valence-electron chi connectivity index (χ2n) is 3.74. The molecule has 0 bridgehead atoms. The Hall–Kier alpha value is -1.79. The van der Waals surface area contributed by atoms with E-state index in [1.165, 1.54) is 6.07 Å². The van der Waals surface area contributed by atoms with E-state index >= 15 is 0 Å². The molecule has 1 aromatic heterocycles. The maximum Gasteiger partial charge on any atom is 0.273 e. The number of nitro groups is 1. The fourth-order valence-corrected chi connectivity index (χ4v) is 2.25. The summed E-state index contributed by atoms with van der Waals surface area (Å²) in [6.07, 6.45) is 2.63. The standard InChI is InChI=1S/C12H13N3O2S/c16-15(17)11-4-2-1-3-10(11)9-13-6-5-12-14-7-8-18-12/h1-4,7-8,13H,5-6,9H2. The van der Waals surface area contributed by atoms with Crippen molar-refractivity contribution in [1.29, 1.82) is 0 Å². The van der Waals surface area contributed by atoms with Gasteiger partial charge in [-0.1, -0.05) is 18.2 Å². The highest BCUT2D eigenvalue weighted by atomic mass is 32.1. The molecule has 1 aromatic carbocycles. The molecule has 1 N–H and O–H groups in total. The molecule has 0 aliphatic rings. The molecular weight excluding hydrogens is 250 g/mol. The van der Waals surface area contributed by atoms with Crippen LogP contribution in [-0.2, 0) is 13.0 Å². The highest BCUT2D eigenvalue weighted by Crippen LogP contribution is 2.17. The SMILES string of the molecule is O=[N+]([O-])c1ccccc1CNCCc1nccs1. The normalized spacial score (nSPS) is 10.4. The molecule has 0 aliphatic carbocycles. The van der Waals surface area contributed by atoms with Crippen molar-refractivity contribution in [2.24, 2.45) is 0 Å². The van der Waals surface area contributed by atoms with Crippen LogP contribution in [0.5, 0.6) is 0 Å². The van der Waals surface area contributed by atoms with Gasteiger partial charge in [0.15, 0.2) is 0 Å². The minimum absolute atomic E-state index is 0.166. The van der Waals surface area contributed by atoms with Crippen LogP contribution in [0.1, 0.15) is 10.6 Å². The first-order valence-electron chi connectivity index (χ1n) is 5.59. The van der Waals surface area contributed by atoms with Crippen LogP contribution in [0.15, 0.2) is 35.8 Å². The van der Waals surface area contributed by atoms with E-state index in [9.17, 15) is 10.1 Å². The van der Waals surface area contributed by atoms with Crippen molar-refractivity contribution in [3.05, 3.63) is 56.5 Å². The zero-order valence-electron chi connectivity index (χ0n) is 9.70. The lowest BCUT2D eigenvalue weighted by atomic mass is 10.2. The summed E-state index contributed by atoms with van der Waals surface area (Å²) in [4.78, 5) is 14.6. The van der Waals surface area contributed by atoms with Gasteiger partial charge in [0.1, 0.15) is 0 Å². The highest BCUT2D eigenvalue weighted by molar-refractivity contribution is 7.09. The maximum atomic E-state index is 10.8. The third-order valence-corrected chi connectivity index (χ3v) is 3.34. The molecule has 1 heterocycles. The predicted molar refractivity (Wildman–Crippen MR) is 70.6 cm³/mol. The summed E-state index contributed by atoms with van der Waals surface area (Å²) in [5, 5.41) is 17.0. The summed E-state index contributed by atoms with van der Waals surface area (Å²) < 4.78 is 0. The van der Waals surface area contributed by atoms with E-state index < -0.39 is 0 Å². The topological polar surface area (TPSA) is 68.1 Å².